The third kappa shape index (κ3) is 2.96. The summed E-state index contributed by atoms with van der Waals surface area (Å²) in [6.07, 6.45) is 0. The number of nitrogens with one attached hydrogen (secondary N) is 1. The number of benzene rings is 1. The molecule has 0 atom stereocenters. The zero-order chi connectivity index (χ0) is 14.9. The van der Waals surface area contributed by atoms with Crippen molar-refractivity contribution in [2.24, 2.45) is 5.73 Å². The molecule has 0 aliphatic rings. The maximum absolute atomic E-state index is 5.81. The minimum atomic E-state index is 0.311. The average Bonchev–Trinajstić information content (AvgIpc) is 2.36. The zero-order valence-corrected chi connectivity index (χ0v) is 13.9. The topological polar surface area (TPSA) is 63.8 Å². The van der Waals surface area contributed by atoms with Gasteiger partial charge in [-0.25, -0.2) is 0 Å². The minimum Gasteiger partial charge on any atom is -0.389 e. The summed E-state index contributed by atoms with van der Waals surface area (Å²) >= 11 is 8.65. The number of rotatable bonds is 3. The molecule has 4 nitrogen and oxygen atoms in total. The van der Waals surface area contributed by atoms with Gasteiger partial charge < -0.3 is 11.1 Å². The van der Waals surface area contributed by atoms with Gasteiger partial charge >= 0.3 is 0 Å². The predicted molar refractivity (Wildman–Crippen MR) is 89.6 cm³/mol. The minimum absolute atomic E-state index is 0.311. The molecule has 0 saturated carbocycles. The number of nitrogens with zero attached hydrogens (tertiary/aromatic N) is 2. The molecule has 6 heteroatoms. The molecule has 104 valence electrons. The van der Waals surface area contributed by atoms with Crippen LogP contribution in [0.5, 0.6) is 0 Å². The first-order valence-electron chi connectivity index (χ1n) is 6.07. The molecule has 1 heterocycles. The molecule has 2 rings (SSSR count). The van der Waals surface area contributed by atoms with Gasteiger partial charge in [-0.1, -0.05) is 18.3 Å². The normalized spacial score (nSPS) is 10.4. The lowest BCUT2D eigenvalue weighted by Gasteiger charge is -2.14. The van der Waals surface area contributed by atoms with Crippen LogP contribution in [0.3, 0.4) is 0 Å². The molecule has 0 aliphatic carbocycles. The van der Waals surface area contributed by atoms with Gasteiger partial charge in [0.05, 0.1) is 16.9 Å². The molecule has 0 spiro atoms. The summed E-state index contributed by atoms with van der Waals surface area (Å²) in [6.45, 7) is 5.86. The summed E-state index contributed by atoms with van der Waals surface area (Å²) in [5, 5.41) is 11.5. The second-order valence-corrected chi connectivity index (χ2v) is 5.90. The van der Waals surface area contributed by atoms with Gasteiger partial charge in [-0.05, 0) is 60.0 Å². The number of thiocarbonyl (C=S) groups is 1. The fraction of sp³-hybridized carbons (Fsp3) is 0.214. The fourth-order valence-electron chi connectivity index (χ4n) is 1.85. The van der Waals surface area contributed by atoms with Gasteiger partial charge in [0, 0.05) is 4.47 Å². The van der Waals surface area contributed by atoms with E-state index >= 15 is 0 Å². The van der Waals surface area contributed by atoms with E-state index in [1.807, 2.05) is 39.0 Å². The van der Waals surface area contributed by atoms with Gasteiger partial charge in [-0.3, -0.25) is 0 Å². The van der Waals surface area contributed by atoms with Crippen LogP contribution in [0.15, 0.2) is 22.7 Å². The van der Waals surface area contributed by atoms with Crippen molar-refractivity contribution < 1.29 is 0 Å². The van der Waals surface area contributed by atoms with E-state index in [4.69, 9.17) is 18.0 Å². The van der Waals surface area contributed by atoms with Crippen molar-refractivity contribution in [2.75, 3.05) is 5.32 Å². The van der Waals surface area contributed by atoms with Crippen LogP contribution >= 0.6 is 28.1 Å². The molecule has 1 aromatic carbocycles. The molecule has 0 aliphatic heterocycles. The largest absolute Gasteiger partial charge is 0.389 e. The van der Waals surface area contributed by atoms with Crippen LogP contribution in [0.2, 0.25) is 0 Å². The first kappa shape index (κ1) is 14.9. The molecule has 0 saturated heterocycles. The second-order valence-electron chi connectivity index (χ2n) is 4.61. The molecular formula is C14H15BrN4S. The number of aryl methyl sites for hydroxylation is 2. The van der Waals surface area contributed by atoms with E-state index in [0.717, 1.165) is 27.0 Å². The van der Waals surface area contributed by atoms with Crippen molar-refractivity contribution in [1.82, 2.24) is 10.2 Å². The highest BCUT2D eigenvalue weighted by Crippen LogP contribution is 2.28. The lowest BCUT2D eigenvalue weighted by atomic mass is 10.1. The second kappa shape index (κ2) is 5.85. The molecule has 3 N–H and O–H groups in total. The van der Waals surface area contributed by atoms with E-state index < -0.39 is 0 Å². The Morgan fingerprint density at radius 3 is 2.55 bits per heavy atom. The highest BCUT2D eigenvalue weighted by molar-refractivity contribution is 9.10. The number of aromatic nitrogens is 2. The Morgan fingerprint density at radius 1 is 1.25 bits per heavy atom. The Balaban J connectivity index is 2.48. The molecule has 0 fully saturated rings. The SMILES string of the molecule is Cc1ccc(Nc2nnc(C)c(C)c2C(N)=S)c(Br)c1. The Hall–Kier alpha value is -1.53. The quantitative estimate of drug-likeness (QED) is 0.828. The zero-order valence-electron chi connectivity index (χ0n) is 11.5. The van der Waals surface area contributed by atoms with Crippen molar-refractivity contribution in [2.45, 2.75) is 20.8 Å². The Bertz CT molecular complexity index is 685. The molecule has 2 aromatic rings. The van der Waals surface area contributed by atoms with E-state index in [9.17, 15) is 0 Å². The van der Waals surface area contributed by atoms with Crippen LogP contribution in [-0.4, -0.2) is 15.2 Å². The Morgan fingerprint density at radius 2 is 1.95 bits per heavy atom. The highest BCUT2D eigenvalue weighted by atomic mass is 79.9. The average molecular weight is 351 g/mol. The van der Waals surface area contributed by atoms with E-state index in [1.165, 1.54) is 5.56 Å². The smallest absolute Gasteiger partial charge is 0.163 e. The summed E-state index contributed by atoms with van der Waals surface area (Å²) in [5.41, 5.74) is 10.4. The summed E-state index contributed by atoms with van der Waals surface area (Å²) in [6, 6.07) is 6.01. The van der Waals surface area contributed by atoms with E-state index in [1.54, 1.807) is 0 Å². The van der Waals surface area contributed by atoms with Crippen LogP contribution in [0.1, 0.15) is 22.4 Å². The Kier molecular flexibility index (Phi) is 4.35. The number of halogens is 1. The monoisotopic (exact) mass is 350 g/mol. The van der Waals surface area contributed by atoms with Gasteiger partial charge in [0.25, 0.3) is 0 Å². The van der Waals surface area contributed by atoms with E-state index in [0.29, 0.717) is 10.8 Å². The number of hydrogen-bond acceptors (Lipinski definition) is 4. The Labute approximate surface area is 131 Å². The summed E-state index contributed by atoms with van der Waals surface area (Å²) in [5.74, 6) is 0.574. The van der Waals surface area contributed by atoms with Crippen molar-refractivity contribution in [3.05, 3.63) is 45.1 Å². The van der Waals surface area contributed by atoms with Crippen molar-refractivity contribution in [3.63, 3.8) is 0 Å². The third-order valence-electron chi connectivity index (χ3n) is 3.08. The summed E-state index contributed by atoms with van der Waals surface area (Å²) < 4.78 is 0.950. The van der Waals surface area contributed by atoms with Crippen molar-refractivity contribution in [1.29, 1.82) is 0 Å². The lowest BCUT2D eigenvalue weighted by molar-refractivity contribution is 0.963. The van der Waals surface area contributed by atoms with Crippen molar-refractivity contribution in [3.8, 4) is 0 Å². The van der Waals surface area contributed by atoms with Crippen LogP contribution in [-0.2, 0) is 0 Å². The maximum Gasteiger partial charge on any atom is 0.163 e. The van der Waals surface area contributed by atoms with Gasteiger partial charge in [-0.15, -0.1) is 5.10 Å². The molecule has 20 heavy (non-hydrogen) atoms. The van der Waals surface area contributed by atoms with Crippen LogP contribution < -0.4 is 11.1 Å². The number of hydrogen-bond donors (Lipinski definition) is 2. The number of nitrogens with two attached hydrogens (primary N) is 1. The summed E-state index contributed by atoms with van der Waals surface area (Å²) in [7, 11) is 0. The van der Waals surface area contributed by atoms with Crippen molar-refractivity contribution >= 4 is 44.6 Å². The molecule has 1 aromatic heterocycles. The molecule has 0 radical (unpaired) electrons. The standard InChI is InChI=1S/C14H15BrN4S/c1-7-4-5-11(10(15)6-7)17-14-12(13(16)20)8(2)9(3)18-19-14/h4-6H,1-3H3,(H2,16,20)(H,17,19). The van der Waals surface area contributed by atoms with E-state index in [-0.39, 0.29) is 0 Å². The first-order valence-corrected chi connectivity index (χ1v) is 7.27. The molecule has 0 bridgehead atoms. The third-order valence-corrected chi connectivity index (χ3v) is 3.94. The van der Waals surface area contributed by atoms with Crippen LogP contribution in [0, 0.1) is 20.8 Å². The molecule has 0 amide bonds. The summed E-state index contributed by atoms with van der Waals surface area (Å²) in [4.78, 5) is 0.311. The van der Waals surface area contributed by atoms with Crippen LogP contribution in [0.25, 0.3) is 0 Å². The fourth-order valence-corrected chi connectivity index (χ4v) is 2.69. The van der Waals surface area contributed by atoms with Gasteiger partial charge in [0.1, 0.15) is 4.99 Å². The lowest BCUT2D eigenvalue weighted by Crippen LogP contribution is -2.17. The molecule has 0 unspecified atom stereocenters. The van der Waals surface area contributed by atoms with Gasteiger partial charge in [0.15, 0.2) is 5.82 Å². The first-order chi connectivity index (χ1) is 9.40. The highest BCUT2D eigenvalue weighted by Gasteiger charge is 2.14. The maximum atomic E-state index is 5.81. The van der Waals surface area contributed by atoms with Crippen LogP contribution in [0.4, 0.5) is 11.5 Å². The molecular weight excluding hydrogens is 336 g/mol. The van der Waals surface area contributed by atoms with Gasteiger partial charge in [0.2, 0.25) is 0 Å². The van der Waals surface area contributed by atoms with E-state index in [2.05, 4.69) is 31.4 Å². The predicted octanol–water partition coefficient (Wildman–Crippen LogP) is 3.54. The number of anilines is 2. The van der Waals surface area contributed by atoms with Gasteiger partial charge in [-0.2, -0.15) is 5.10 Å².